The maximum absolute atomic E-state index is 9.52. The van der Waals surface area contributed by atoms with E-state index in [-0.39, 0.29) is 12.0 Å². The van der Waals surface area contributed by atoms with Crippen molar-refractivity contribution >= 4 is 0 Å². The number of hydrogen-bond acceptors (Lipinski definition) is 4. The second-order valence-electron chi connectivity index (χ2n) is 3.69. The summed E-state index contributed by atoms with van der Waals surface area (Å²) in [5, 5.41) is 19.0. The van der Waals surface area contributed by atoms with Crippen LogP contribution in [0.5, 0.6) is 0 Å². The van der Waals surface area contributed by atoms with E-state index in [0.29, 0.717) is 0 Å². The van der Waals surface area contributed by atoms with E-state index < -0.39 is 18.5 Å². The summed E-state index contributed by atoms with van der Waals surface area (Å²) in [5.74, 6) is -0.210. The molecule has 0 bridgehead atoms. The molecule has 0 aliphatic carbocycles. The molecular formula is C11H22O4. The summed E-state index contributed by atoms with van der Waals surface area (Å²) in [7, 11) is 1.48. The predicted molar refractivity (Wildman–Crippen MR) is 58.4 cm³/mol. The lowest BCUT2D eigenvalue weighted by molar-refractivity contribution is -0.270. The van der Waals surface area contributed by atoms with Gasteiger partial charge in [-0.2, -0.15) is 0 Å². The number of aliphatic hydroxyl groups is 2. The van der Waals surface area contributed by atoms with Crippen LogP contribution in [0.25, 0.3) is 0 Å². The van der Waals surface area contributed by atoms with Gasteiger partial charge in [0.2, 0.25) is 0 Å². The molecule has 4 heteroatoms. The summed E-state index contributed by atoms with van der Waals surface area (Å²) in [5.41, 5.74) is 0. The molecule has 5 atom stereocenters. The third-order valence-electron chi connectivity index (χ3n) is 2.42. The van der Waals surface area contributed by atoms with Gasteiger partial charge in [0.05, 0.1) is 12.2 Å². The van der Waals surface area contributed by atoms with Crippen LogP contribution in [0.2, 0.25) is 0 Å². The van der Waals surface area contributed by atoms with E-state index in [9.17, 15) is 10.2 Å². The molecular weight excluding hydrogens is 196 g/mol. The van der Waals surface area contributed by atoms with Crippen LogP contribution in [0.1, 0.15) is 20.8 Å². The third-order valence-corrected chi connectivity index (χ3v) is 2.42. The largest absolute Gasteiger partial charge is 0.390 e. The van der Waals surface area contributed by atoms with Gasteiger partial charge in [-0.1, -0.05) is 13.0 Å². The molecule has 4 nitrogen and oxygen atoms in total. The lowest BCUT2D eigenvalue weighted by atomic mass is 9.91. The summed E-state index contributed by atoms with van der Waals surface area (Å²) in [6.07, 6.45) is -0.514. The molecule has 15 heavy (non-hydrogen) atoms. The molecule has 1 heterocycles. The smallest absolute Gasteiger partial charge is 0.183 e. The minimum absolute atomic E-state index is 0.210. The molecule has 90 valence electrons. The van der Waals surface area contributed by atoms with Crippen molar-refractivity contribution in [2.24, 2.45) is 5.92 Å². The van der Waals surface area contributed by atoms with Crippen LogP contribution < -0.4 is 0 Å². The van der Waals surface area contributed by atoms with Gasteiger partial charge in [0, 0.05) is 13.0 Å². The van der Waals surface area contributed by atoms with Crippen LogP contribution in [0.15, 0.2) is 12.7 Å². The molecule has 1 unspecified atom stereocenters. The highest BCUT2D eigenvalue weighted by Crippen LogP contribution is 2.25. The van der Waals surface area contributed by atoms with Crippen molar-refractivity contribution in [3.05, 3.63) is 12.7 Å². The van der Waals surface area contributed by atoms with E-state index in [1.807, 2.05) is 6.92 Å². The predicted octanol–water partition coefficient (Wildman–Crippen LogP) is 0.928. The van der Waals surface area contributed by atoms with E-state index in [1.165, 1.54) is 7.11 Å². The number of ether oxygens (including phenoxy) is 2. The van der Waals surface area contributed by atoms with Crippen molar-refractivity contribution in [2.45, 2.75) is 45.4 Å². The maximum atomic E-state index is 9.52. The molecule has 1 saturated heterocycles. The Hall–Kier alpha value is -0.420. The van der Waals surface area contributed by atoms with Crippen LogP contribution >= 0.6 is 0 Å². The normalized spacial score (nSPS) is 40.3. The van der Waals surface area contributed by atoms with Gasteiger partial charge in [-0.05, 0) is 13.8 Å². The first-order valence-electron chi connectivity index (χ1n) is 5.11. The average molecular weight is 218 g/mol. The van der Waals surface area contributed by atoms with E-state index in [0.717, 1.165) is 0 Å². The van der Waals surface area contributed by atoms with Gasteiger partial charge in [-0.15, -0.1) is 6.58 Å². The zero-order valence-corrected chi connectivity index (χ0v) is 9.88. The Balaban J connectivity index is 0.000000583. The van der Waals surface area contributed by atoms with Crippen molar-refractivity contribution in [3.8, 4) is 0 Å². The van der Waals surface area contributed by atoms with Gasteiger partial charge in [0.25, 0.3) is 0 Å². The molecule has 1 rings (SSSR count). The van der Waals surface area contributed by atoms with Crippen LogP contribution in [0.3, 0.4) is 0 Å². The first-order chi connectivity index (χ1) is 6.99. The highest BCUT2D eigenvalue weighted by atomic mass is 16.7. The van der Waals surface area contributed by atoms with E-state index in [2.05, 4.69) is 6.58 Å². The summed E-state index contributed by atoms with van der Waals surface area (Å²) < 4.78 is 10.1. The van der Waals surface area contributed by atoms with E-state index in [1.54, 1.807) is 19.9 Å². The molecule has 0 aromatic rings. The molecule has 2 N–H and O–H groups in total. The zero-order chi connectivity index (χ0) is 12.0. The number of rotatable bonds is 1. The summed E-state index contributed by atoms with van der Waals surface area (Å²) >= 11 is 0. The fraction of sp³-hybridized carbons (Fsp3) is 0.818. The molecule has 1 aliphatic heterocycles. The highest BCUT2D eigenvalue weighted by molar-refractivity contribution is 4.84. The SMILES string of the molecule is C=CC.CO[C@@H]1O[C@H](C)[C@@H](O)C(C)[C@H]1O. The van der Waals surface area contributed by atoms with Gasteiger partial charge < -0.3 is 19.7 Å². The summed E-state index contributed by atoms with van der Waals surface area (Å²) in [6, 6.07) is 0. The van der Waals surface area contributed by atoms with Gasteiger partial charge in [-0.25, -0.2) is 0 Å². The molecule has 0 aromatic carbocycles. The number of allylic oxidation sites excluding steroid dienone is 1. The third kappa shape index (κ3) is 3.91. The second kappa shape index (κ2) is 6.95. The fourth-order valence-electron chi connectivity index (χ4n) is 1.44. The Kier molecular flexibility index (Phi) is 6.76. The number of hydrogen-bond donors (Lipinski definition) is 2. The first-order valence-corrected chi connectivity index (χ1v) is 5.11. The molecule has 0 aromatic heterocycles. The van der Waals surface area contributed by atoms with Crippen molar-refractivity contribution in [1.29, 1.82) is 0 Å². The van der Waals surface area contributed by atoms with Gasteiger partial charge in [0.1, 0.15) is 6.10 Å². The van der Waals surface area contributed by atoms with Crippen LogP contribution in [0.4, 0.5) is 0 Å². The monoisotopic (exact) mass is 218 g/mol. The molecule has 1 aliphatic rings. The molecule has 0 spiro atoms. The first kappa shape index (κ1) is 14.6. The average Bonchev–Trinajstić information content (AvgIpc) is 2.21. The lowest BCUT2D eigenvalue weighted by Crippen LogP contribution is -2.52. The Morgan fingerprint density at radius 2 is 1.73 bits per heavy atom. The van der Waals surface area contributed by atoms with Crippen LogP contribution in [-0.4, -0.2) is 41.9 Å². The second-order valence-corrected chi connectivity index (χ2v) is 3.69. The van der Waals surface area contributed by atoms with Crippen molar-refractivity contribution < 1.29 is 19.7 Å². The fourth-order valence-corrected chi connectivity index (χ4v) is 1.44. The molecule has 0 amide bonds. The van der Waals surface area contributed by atoms with Crippen molar-refractivity contribution in [1.82, 2.24) is 0 Å². The maximum Gasteiger partial charge on any atom is 0.183 e. The quantitative estimate of drug-likeness (QED) is 0.643. The highest BCUT2D eigenvalue weighted by Gasteiger charge is 2.39. The van der Waals surface area contributed by atoms with E-state index in [4.69, 9.17) is 9.47 Å². The minimum atomic E-state index is -0.749. The van der Waals surface area contributed by atoms with Gasteiger partial charge in [-0.3, -0.25) is 0 Å². The van der Waals surface area contributed by atoms with Crippen molar-refractivity contribution in [2.75, 3.05) is 7.11 Å². The van der Waals surface area contributed by atoms with Crippen molar-refractivity contribution in [3.63, 3.8) is 0 Å². The van der Waals surface area contributed by atoms with Gasteiger partial charge >= 0.3 is 0 Å². The summed E-state index contributed by atoms with van der Waals surface area (Å²) in [6.45, 7) is 8.79. The Morgan fingerprint density at radius 1 is 1.27 bits per heavy atom. The Labute approximate surface area is 91.5 Å². The molecule has 0 saturated carbocycles. The van der Waals surface area contributed by atoms with Crippen LogP contribution in [-0.2, 0) is 9.47 Å². The van der Waals surface area contributed by atoms with Crippen LogP contribution in [0, 0.1) is 5.92 Å². The molecule has 0 radical (unpaired) electrons. The minimum Gasteiger partial charge on any atom is -0.390 e. The summed E-state index contributed by atoms with van der Waals surface area (Å²) in [4.78, 5) is 0. The Morgan fingerprint density at radius 3 is 2.13 bits per heavy atom. The number of aliphatic hydroxyl groups excluding tert-OH is 2. The molecule has 1 fully saturated rings. The van der Waals surface area contributed by atoms with E-state index >= 15 is 0 Å². The Bertz CT molecular complexity index is 179. The standard InChI is InChI=1S/C8H16O4.C3H6/c1-4-6(9)5(2)12-8(11-3)7(4)10;1-3-2/h4-10H,1-3H3;3H,1H2,2H3/t4?,5-,6+,7-,8-;/m1./s1. The van der Waals surface area contributed by atoms with Gasteiger partial charge in [0.15, 0.2) is 6.29 Å². The number of methoxy groups -OCH3 is 1. The topological polar surface area (TPSA) is 58.9 Å². The zero-order valence-electron chi connectivity index (χ0n) is 9.88. The lowest BCUT2D eigenvalue weighted by Gasteiger charge is -2.39.